The van der Waals surface area contributed by atoms with Crippen molar-refractivity contribution in [3.63, 3.8) is 0 Å². The number of carbonyl (C=O) groups excluding carboxylic acids is 5. The van der Waals surface area contributed by atoms with Crippen LogP contribution in [0.25, 0.3) is 32.7 Å². The molecule has 4 aromatic carbocycles. The Morgan fingerprint density at radius 1 is 0.394 bits per heavy atom. The Labute approximate surface area is 623 Å². The second-order valence-electron chi connectivity index (χ2n) is 30.0. The van der Waals surface area contributed by atoms with E-state index >= 15 is 4.79 Å². The van der Waals surface area contributed by atoms with Crippen LogP contribution in [0.2, 0.25) is 0 Å². The molecular weight excluding hydrogens is 1300 g/mol. The van der Waals surface area contributed by atoms with Crippen molar-refractivity contribution >= 4 is 79.9 Å². The number of hydrogen-bond acceptors (Lipinski definition) is 14. The lowest BCUT2D eigenvalue weighted by atomic mass is 9.80. The van der Waals surface area contributed by atoms with Crippen LogP contribution in [0.4, 0.5) is 36.2 Å². The van der Waals surface area contributed by atoms with E-state index in [-0.39, 0.29) is 43.3 Å². The van der Waals surface area contributed by atoms with Crippen molar-refractivity contribution < 1.29 is 48.0 Å². The number of alkyl carbamates (subject to hydrolysis) is 4. The highest BCUT2D eigenvalue weighted by Crippen LogP contribution is 2.47. The van der Waals surface area contributed by atoms with Crippen LogP contribution >= 0.6 is 0 Å². The summed E-state index contributed by atoms with van der Waals surface area (Å²) >= 11 is 0. The molecule has 4 aromatic rings. The number of ether oxygens (including phenoxy) is 4. The number of nitrogens with zero attached hydrogens (tertiary/aromatic N) is 1. The molecule has 7 rings (SSSR count). The minimum Gasteiger partial charge on any atom is -0.506 e. The van der Waals surface area contributed by atoms with Crippen LogP contribution < -0.4 is 47.8 Å². The highest BCUT2D eigenvalue weighted by molar-refractivity contribution is 6.52. The van der Waals surface area contributed by atoms with Crippen LogP contribution in [-0.2, 0) is 23.7 Å². The molecule has 3 aliphatic rings. The Morgan fingerprint density at radius 3 is 1.12 bits per heavy atom. The lowest BCUT2D eigenvalue weighted by Crippen LogP contribution is -2.57. The molecule has 2 heterocycles. The smallest absolute Gasteiger partial charge is 0.407 e. The summed E-state index contributed by atoms with van der Waals surface area (Å²) < 4.78 is 23.6. The Kier molecular flexibility index (Phi) is 39.4. The number of aliphatic hydroxyl groups excluding tert-OH is 1. The average molecular weight is 1440 g/mol. The third-order valence-corrected chi connectivity index (χ3v) is 21.1. The van der Waals surface area contributed by atoms with Crippen molar-refractivity contribution in [2.75, 3.05) is 69.1 Å². The summed E-state index contributed by atoms with van der Waals surface area (Å²) in [6.07, 6.45) is 53.3. The zero-order chi connectivity index (χ0) is 73.7. The van der Waals surface area contributed by atoms with Crippen LogP contribution in [-0.4, -0.2) is 99.7 Å². The SMILES string of the molecule is CCCCCCCCCCCCCCCCCNC(=O)OCC1(COC(=O)NCCCCCCCCCCCCCCCCC)N=c2c(=C3C(=O)C(c4ccc5cccc6c5c4NC(COC(=O)NC)(COC(=O)NCCCCCCCCCCCCCCCCC)N6)=C3O)ccc3cccc(c23)N1. The van der Waals surface area contributed by atoms with Gasteiger partial charge in [0.2, 0.25) is 5.78 Å². The van der Waals surface area contributed by atoms with Crippen molar-refractivity contribution in [2.45, 2.75) is 321 Å². The minimum absolute atomic E-state index is 0.0217. The third kappa shape index (κ3) is 28.6. The molecule has 0 fully saturated rings. The van der Waals surface area contributed by atoms with Crippen LogP contribution in [0.1, 0.15) is 315 Å². The number of allylic oxidation sites excluding steroid dienone is 2. The Morgan fingerprint density at radius 2 is 0.740 bits per heavy atom. The summed E-state index contributed by atoms with van der Waals surface area (Å²) in [6.45, 7) is 6.81. The second kappa shape index (κ2) is 48.8. The molecule has 0 saturated carbocycles. The van der Waals surface area contributed by atoms with Crippen molar-refractivity contribution in [1.82, 2.24) is 21.3 Å². The molecule has 1 unspecified atom stereocenters. The van der Waals surface area contributed by atoms with E-state index in [0.717, 1.165) is 68.6 Å². The van der Waals surface area contributed by atoms with Crippen LogP contribution in [0.3, 0.4) is 0 Å². The zero-order valence-corrected chi connectivity index (χ0v) is 64.6. The summed E-state index contributed by atoms with van der Waals surface area (Å²) in [7, 11) is 1.46. The number of benzene rings is 4. The molecule has 2 aliphatic heterocycles. The number of Topliss-reactive ketones (excluding diaryl/α,β-unsaturated/α-hetero) is 1. The first kappa shape index (κ1) is 84.0. The molecule has 0 aromatic heterocycles. The summed E-state index contributed by atoms with van der Waals surface area (Å²) in [5.41, 5.74) is -0.897. The molecule has 1 aliphatic carbocycles. The number of aliphatic hydroxyl groups is 1. The van der Waals surface area contributed by atoms with E-state index in [0.29, 0.717) is 63.6 Å². The van der Waals surface area contributed by atoms with Gasteiger partial charge in [0.25, 0.3) is 0 Å². The van der Waals surface area contributed by atoms with E-state index in [4.69, 9.17) is 23.9 Å². The maximum atomic E-state index is 15.2. The van der Waals surface area contributed by atoms with E-state index in [1.807, 2.05) is 48.5 Å². The highest BCUT2D eigenvalue weighted by atomic mass is 16.6. The van der Waals surface area contributed by atoms with Gasteiger partial charge in [-0.1, -0.05) is 339 Å². The first-order valence-corrected chi connectivity index (χ1v) is 41.6. The maximum absolute atomic E-state index is 15.2. The van der Waals surface area contributed by atoms with Gasteiger partial charge in [-0.2, -0.15) is 0 Å². The van der Waals surface area contributed by atoms with Crippen molar-refractivity contribution in [2.24, 2.45) is 4.99 Å². The van der Waals surface area contributed by atoms with Crippen molar-refractivity contribution in [1.29, 1.82) is 0 Å². The largest absolute Gasteiger partial charge is 0.506 e. The number of unbranched alkanes of at least 4 members (excludes halogenated alkanes) is 42. The van der Waals surface area contributed by atoms with E-state index in [1.165, 1.54) is 238 Å². The molecule has 0 spiro atoms. The molecular formula is C86H134N8O10. The lowest BCUT2D eigenvalue weighted by molar-refractivity contribution is -0.110. The summed E-state index contributed by atoms with van der Waals surface area (Å²) in [6, 6.07) is 18.6. The van der Waals surface area contributed by atoms with Crippen LogP contribution in [0.5, 0.6) is 0 Å². The quantitative estimate of drug-likeness (QED) is 0.0152. The first-order chi connectivity index (χ1) is 51.0. The third-order valence-electron chi connectivity index (χ3n) is 21.1. The molecule has 1 atom stereocenters. The number of carbonyl (C=O) groups is 5. The normalized spacial score (nSPS) is 15.3. The van der Waals surface area contributed by atoms with Gasteiger partial charge in [0.15, 0.2) is 11.3 Å². The summed E-state index contributed by atoms with van der Waals surface area (Å²) in [5, 5.41) is 37.9. The zero-order valence-electron chi connectivity index (χ0n) is 64.6. The fourth-order valence-electron chi connectivity index (χ4n) is 14.9. The predicted octanol–water partition coefficient (Wildman–Crippen LogP) is 21.1. The molecule has 18 heteroatoms. The topological polar surface area (TPSA) is 239 Å². The van der Waals surface area contributed by atoms with Gasteiger partial charge in [-0.15, -0.1) is 0 Å². The van der Waals surface area contributed by atoms with Crippen LogP contribution in [0.15, 0.2) is 71.4 Å². The Balaban J connectivity index is 1.02. The number of nitrogens with one attached hydrogen (secondary N) is 7. The van der Waals surface area contributed by atoms with Gasteiger partial charge in [-0.05, 0) is 42.2 Å². The number of rotatable bonds is 57. The fourth-order valence-corrected chi connectivity index (χ4v) is 14.9. The molecule has 0 saturated heterocycles. The first-order valence-electron chi connectivity index (χ1n) is 41.6. The molecule has 578 valence electrons. The molecule has 8 N–H and O–H groups in total. The predicted molar refractivity (Wildman–Crippen MR) is 426 cm³/mol. The molecule has 104 heavy (non-hydrogen) atoms. The van der Waals surface area contributed by atoms with E-state index < -0.39 is 41.5 Å². The fraction of sp³-hybridized carbons (Fsp3) is 0.674. The van der Waals surface area contributed by atoms with Gasteiger partial charge in [0.05, 0.1) is 22.2 Å². The van der Waals surface area contributed by atoms with E-state index in [1.54, 1.807) is 12.1 Å². The number of ketones is 1. The van der Waals surface area contributed by atoms with Crippen molar-refractivity contribution in [3.05, 3.63) is 82.6 Å². The highest BCUT2D eigenvalue weighted by Gasteiger charge is 2.44. The Hall–Kier alpha value is -7.24. The summed E-state index contributed by atoms with van der Waals surface area (Å²) in [5.74, 6) is -0.741. The standard InChI is InChI=1S/C86H134N8O10/c1-5-8-11-14-17-20-23-26-29-32-35-38-41-44-47-60-88-82(98)102-64-85(63-101-81(97)87-4)91-71-54-50-52-67-56-58-69(77(93-85)73(67)71)75-79(95)76(80(75)96)70-59-57-68-53-51-55-72-74(68)78(70)94-86(92-72,65-103-83(99)89-61-48-45-42-39-36-33-30-27-24-21-18-15-12-9-6-2)66-104-84(100)90-62-49-46-43-40-37-34-31-28-25-22-19-16-13-10-7-3/h50-59,91-93,95H,5-49,60-66H2,1-4H3,(H,87,97)(H,88,98)(H,89,99)(H,90,100). The number of anilines is 3. The average Bonchev–Trinajstić information content (AvgIpc) is 0.721. The van der Waals surface area contributed by atoms with E-state index in [2.05, 4.69) is 58.0 Å². The van der Waals surface area contributed by atoms with Gasteiger partial charge < -0.3 is 61.3 Å². The maximum Gasteiger partial charge on any atom is 0.407 e. The molecule has 18 nitrogen and oxygen atoms in total. The van der Waals surface area contributed by atoms with Crippen LogP contribution in [0, 0.1) is 0 Å². The molecule has 0 bridgehead atoms. The van der Waals surface area contributed by atoms with Gasteiger partial charge >= 0.3 is 24.4 Å². The number of amides is 4. The molecule has 0 radical (unpaired) electrons. The van der Waals surface area contributed by atoms with Gasteiger partial charge in [-0.3, -0.25) is 4.79 Å². The monoisotopic (exact) mass is 1440 g/mol. The Bertz CT molecular complexity index is 3340. The van der Waals surface area contributed by atoms with Gasteiger partial charge in [0.1, 0.15) is 32.2 Å². The van der Waals surface area contributed by atoms with Gasteiger partial charge in [-0.25, -0.2) is 24.2 Å². The van der Waals surface area contributed by atoms with Gasteiger partial charge in [0, 0.05) is 59.6 Å². The van der Waals surface area contributed by atoms with E-state index in [9.17, 15) is 24.3 Å². The minimum atomic E-state index is -1.56. The lowest BCUT2D eigenvalue weighted by Gasteiger charge is -2.41. The van der Waals surface area contributed by atoms with Crippen molar-refractivity contribution in [3.8, 4) is 0 Å². The molecule has 4 amide bonds. The second-order valence-corrected chi connectivity index (χ2v) is 30.0. The summed E-state index contributed by atoms with van der Waals surface area (Å²) in [4.78, 5) is 73.9. The number of hydrogen-bond donors (Lipinski definition) is 8.